The molecule has 6 heteroatoms. The molecular formula is C20H18N2O3S. The number of aromatic nitrogens is 1. The van der Waals surface area contributed by atoms with E-state index in [0.29, 0.717) is 5.13 Å². The Bertz CT molecular complexity index is 917. The first kappa shape index (κ1) is 17.7. The molecule has 26 heavy (non-hydrogen) atoms. The molecule has 0 unspecified atom stereocenters. The fourth-order valence-electron chi connectivity index (χ4n) is 2.29. The molecule has 3 rings (SSSR count). The third kappa shape index (κ3) is 4.49. The van der Waals surface area contributed by atoms with E-state index >= 15 is 0 Å². The van der Waals surface area contributed by atoms with E-state index in [4.69, 9.17) is 9.47 Å². The van der Waals surface area contributed by atoms with Crippen molar-refractivity contribution >= 4 is 28.5 Å². The molecule has 132 valence electrons. The van der Waals surface area contributed by atoms with E-state index in [0.717, 1.165) is 28.3 Å². The molecule has 0 aliphatic heterocycles. The maximum atomic E-state index is 12.1. The molecule has 3 aromatic rings. The van der Waals surface area contributed by atoms with Gasteiger partial charge in [0.1, 0.15) is 11.5 Å². The SMILES string of the molecule is COc1ccc(-c2csc(NC(=O)C=Cc3cccc(OC)c3)n2)cc1. The number of hydrogen-bond donors (Lipinski definition) is 1. The molecule has 2 aromatic carbocycles. The maximum absolute atomic E-state index is 12.1. The average molecular weight is 366 g/mol. The zero-order chi connectivity index (χ0) is 18.4. The van der Waals surface area contributed by atoms with Gasteiger partial charge in [-0.15, -0.1) is 11.3 Å². The van der Waals surface area contributed by atoms with Gasteiger partial charge in [-0.1, -0.05) is 12.1 Å². The summed E-state index contributed by atoms with van der Waals surface area (Å²) >= 11 is 1.38. The van der Waals surface area contributed by atoms with Crippen molar-refractivity contribution in [2.24, 2.45) is 0 Å². The summed E-state index contributed by atoms with van der Waals surface area (Å²) in [5.74, 6) is 1.31. The Labute approximate surface area is 155 Å². The zero-order valence-electron chi connectivity index (χ0n) is 14.4. The minimum atomic E-state index is -0.233. The molecule has 0 atom stereocenters. The van der Waals surface area contributed by atoms with E-state index in [1.54, 1.807) is 20.3 Å². The van der Waals surface area contributed by atoms with E-state index in [-0.39, 0.29) is 5.91 Å². The first-order valence-corrected chi connectivity index (χ1v) is 8.79. The van der Waals surface area contributed by atoms with Crippen LogP contribution in [0.25, 0.3) is 17.3 Å². The number of benzene rings is 2. The first-order valence-electron chi connectivity index (χ1n) is 7.91. The standard InChI is InChI=1S/C20H18N2O3S/c1-24-16-9-7-15(8-10-16)18-13-26-20(21-18)22-19(23)11-6-14-4-3-5-17(12-14)25-2/h3-13H,1-2H3,(H,21,22,23). The molecular weight excluding hydrogens is 348 g/mol. The highest BCUT2D eigenvalue weighted by molar-refractivity contribution is 7.14. The first-order chi connectivity index (χ1) is 12.7. The van der Waals surface area contributed by atoms with E-state index in [9.17, 15) is 4.79 Å². The van der Waals surface area contributed by atoms with Gasteiger partial charge in [0.2, 0.25) is 5.91 Å². The largest absolute Gasteiger partial charge is 0.497 e. The normalized spacial score (nSPS) is 10.7. The van der Waals surface area contributed by atoms with Crippen LogP contribution in [0.15, 0.2) is 60.0 Å². The molecule has 0 bridgehead atoms. The van der Waals surface area contributed by atoms with Crippen molar-refractivity contribution in [2.45, 2.75) is 0 Å². The Morgan fingerprint density at radius 1 is 1.08 bits per heavy atom. The summed E-state index contributed by atoms with van der Waals surface area (Å²) in [7, 11) is 3.24. The number of anilines is 1. The monoisotopic (exact) mass is 366 g/mol. The number of rotatable bonds is 6. The van der Waals surface area contributed by atoms with Gasteiger partial charge in [0.15, 0.2) is 5.13 Å². The van der Waals surface area contributed by atoms with Gasteiger partial charge < -0.3 is 9.47 Å². The van der Waals surface area contributed by atoms with E-state index in [2.05, 4.69) is 10.3 Å². The van der Waals surface area contributed by atoms with Crippen LogP contribution in [-0.4, -0.2) is 25.1 Å². The quantitative estimate of drug-likeness (QED) is 0.654. The molecule has 0 saturated carbocycles. The number of ether oxygens (including phenoxy) is 2. The van der Waals surface area contributed by atoms with Crippen LogP contribution in [0, 0.1) is 0 Å². The molecule has 0 radical (unpaired) electrons. The fraction of sp³-hybridized carbons (Fsp3) is 0.100. The lowest BCUT2D eigenvalue weighted by atomic mass is 10.2. The summed E-state index contributed by atoms with van der Waals surface area (Å²) in [6, 6.07) is 15.1. The molecule has 0 aliphatic rings. The molecule has 1 amide bonds. The second-order valence-electron chi connectivity index (χ2n) is 5.37. The molecule has 0 aliphatic carbocycles. The Morgan fingerprint density at radius 3 is 2.58 bits per heavy atom. The number of nitrogens with zero attached hydrogens (tertiary/aromatic N) is 1. The number of carbonyl (C=O) groups excluding carboxylic acids is 1. The smallest absolute Gasteiger partial charge is 0.250 e. The van der Waals surface area contributed by atoms with Crippen LogP contribution in [0.4, 0.5) is 5.13 Å². The zero-order valence-corrected chi connectivity index (χ0v) is 15.2. The Hall–Kier alpha value is -3.12. The van der Waals surface area contributed by atoms with Crippen molar-refractivity contribution in [3.8, 4) is 22.8 Å². The van der Waals surface area contributed by atoms with E-state index in [1.807, 2.05) is 53.9 Å². The topological polar surface area (TPSA) is 60.5 Å². The predicted molar refractivity (Wildman–Crippen MR) is 105 cm³/mol. The summed E-state index contributed by atoms with van der Waals surface area (Å²) in [6.07, 6.45) is 3.21. The van der Waals surface area contributed by atoms with Crippen molar-refractivity contribution in [3.63, 3.8) is 0 Å². The van der Waals surface area contributed by atoms with Gasteiger partial charge in [0.25, 0.3) is 0 Å². The number of carbonyl (C=O) groups is 1. The van der Waals surface area contributed by atoms with Crippen LogP contribution >= 0.6 is 11.3 Å². The van der Waals surface area contributed by atoms with Gasteiger partial charge in [0, 0.05) is 17.0 Å². The number of thiazole rings is 1. The Morgan fingerprint density at radius 2 is 1.85 bits per heavy atom. The summed E-state index contributed by atoms with van der Waals surface area (Å²) in [4.78, 5) is 16.5. The second kappa shape index (κ2) is 8.31. The van der Waals surface area contributed by atoms with Crippen molar-refractivity contribution in [3.05, 3.63) is 65.6 Å². The van der Waals surface area contributed by atoms with Crippen molar-refractivity contribution in [1.29, 1.82) is 0 Å². The highest BCUT2D eigenvalue weighted by Crippen LogP contribution is 2.26. The average Bonchev–Trinajstić information content (AvgIpc) is 3.15. The number of hydrogen-bond acceptors (Lipinski definition) is 5. The number of methoxy groups -OCH3 is 2. The lowest BCUT2D eigenvalue weighted by molar-refractivity contribution is -0.111. The van der Waals surface area contributed by atoms with Crippen LogP contribution in [0.5, 0.6) is 11.5 Å². The van der Waals surface area contributed by atoms with E-state index in [1.165, 1.54) is 17.4 Å². The van der Waals surface area contributed by atoms with Crippen molar-refractivity contribution < 1.29 is 14.3 Å². The van der Waals surface area contributed by atoms with Crippen LogP contribution in [0.3, 0.4) is 0 Å². The third-order valence-electron chi connectivity index (χ3n) is 3.64. The minimum absolute atomic E-state index is 0.233. The van der Waals surface area contributed by atoms with Crippen molar-refractivity contribution in [1.82, 2.24) is 4.98 Å². The third-order valence-corrected chi connectivity index (χ3v) is 4.40. The maximum Gasteiger partial charge on any atom is 0.250 e. The minimum Gasteiger partial charge on any atom is -0.497 e. The predicted octanol–water partition coefficient (Wildman–Crippen LogP) is 4.48. The number of nitrogens with one attached hydrogen (secondary N) is 1. The second-order valence-corrected chi connectivity index (χ2v) is 6.22. The molecule has 1 N–H and O–H groups in total. The van der Waals surface area contributed by atoms with Gasteiger partial charge in [-0.25, -0.2) is 4.98 Å². The lowest BCUT2D eigenvalue weighted by Gasteiger charge is -2.01. The van der Waals surface area contributed by atoms with Gasteiger partial charge in [-0.05, 0) is 48.0 Å². The van der Waals surface area contributed by atoms with Crippen LogP contribution in [0.2, 0.25) is 0 Å². The number of amides is 1. The molecule has 1 heterocycles. The highest BCUT2D eigenvalue weighted by atomic mass is 32.1. The molecule has 0 saturated heterocycles. The van der Waals surface area contributed by atoms with Gasteiger partial charge >= 0.3 is 0 Å². The summed E-state index contributed by atoms with van der Waals surface area (Å²) < 4.78 is 10.3. The van der Waals surface area contributed by atoms with E-state index < -0.39 is 0 Å². The van der Waals surface area contributed by atoms with Gasteiger partial charge in [-0.3, -0.25) is 10.1 Å². The lowest BCUT2D eigenvalue weighted by Crippen LogP contribution is -2.07. The van der Waals surface area contributed by atoms with Gasteiger partial charge in [-0.2, -0.15) is 0 Å². The highest BCUT2D eigenvalue weighted by Gasteiger charge is 2.06. The fourth-order valence-corrected chi connectivity index (χ4v) is 3.01. The Kier molecular flexibility index (Phi) is 5.66. The van der Waals surface area contributed by atoms with Crippen LogP contribution in [-0.2, 0) is 4.79 Å². The summed E-state index contributed by atoms with van der Waals surface area (Å²) in [5, 5.41) is 5.24. The van der Waals surface area contributed by atoms with Crippen molar-refractivity contribution in [2.75, 3.05) is 19.5 Å². The molecule has 0 spiro atoms. The molecule has 0 fully saturated rings. The summed E-state index contributed by atoms with van der Waals surface area (Å²) in [6.45, 7) is 0. The van der Waals surface area contributed by atoms with Crippen LogP contribution < -0.4 is 14.8 Å². The van der Waals surface area contributed by atoms with Gasteiger partial charge in [0.05, 0.1) is 19.9 Å². The molecule has 5 nitrogen and oxygen atoms in total. The Balaban J connectivity index is 1.64. The van der Waals surface area contributed by atoms with Crippen LogP contribution in [0.1, 0.15) is 5.56 Å². The molecule has 1 aromatic heterocycles. The summed E-state index contributed by atoms with van der Waals surface area (Å²) in [5.41, 5.74) is 2.66.